The van der Waals surface area contributed by atoms with Crippen molar-refractivity contribution in [3.63, 3.8) is 0 Å². The van der Waals surface area contributed by atoms with Gasteiger partial charge in [-0.05, 0) is 44.0 Å². The summed E-state index contributed by atoms with van der Waals surface area (Å²) in [5, 5.41) is 66.1. The largest absolute Gasteiger partial charge is 0.508 e. The van der Waals surface area contributed by atoms with Gasteiger partial charge in [0.15, 0.2) is 12.7 Å². The fraction of sp³-hybridized carbons (Fsp3) is 0.462. The Morgan fingerprint density at radius 2 is 1.85 bits per heavy atom. The zero-order chi connectivity index (χ0) is 28.5. The van der Waals surface area contributed by atoms with Crippen LogP contribution in [0.1, 0.15) is 31.1 Å². The Bertz CT molecular complexity index is 1200. The van der Waals surface area contributed by atoms with Crippen LogP contribution in [0.2, 0.25) is 0 Å². The topological polar surface area (TPSA) is 207 Å². The Morgan fingerprint density at radius 1 is 1.15 bits per heavy atom. The number of rotatable bonds is 9. The number of aliphatic hydroxyl groups excluding tert-OH is 4. The molecule has 1 amide bonds. The van der Waals surface area contributed by atoms with Gasteiger partial charge in [0.05, 0.1) is 11.8 Å². The zero-order valence-electron chi connectivity index (χ0n) is 21.3. The predicted molar refractivity (Wildman–Crippen MR) is 134 cm³/mol. The van der Waals surface area contributed by atoms with Crippen LogP contribution < -0.4 is 20.1 Å². The molecule has 2 aliphatic rings. The van der Waals surface area contributed by atoms with Gasteiger partial charge in [-0.2, -0.15) is 0 Å². The van der Waals surface area contributed by atoms with E-state index in [0.717, 1.165) is 5.56 Å². The molecule has 13 nitrogen and oxygen atoms in total. The molecule has 0 spiro atoms. The second-order valence-corrected chi connectivity index (χ2v) is 10.2. The number of nitrogens with one attached hydrogen (secondary N) is 2. The van der Waals surface area contributed by atoms with Gasteiger partial charge >= 0.3 is 5.97 Å². The van der Waals surface area contributed by atoms with E-state index in [9.17, 15) is 40.2 Å². The van der Waals surface area contributed by atoms with Crippen molar-refractivity contribution >= 4 is 17.6 Å². The highest BCUT2D eigenvalue weighted by atomic mass is 16.7. The number of amides is 1. The van der Waals surface area contributed by atoms with Crippen LogP contribution in [0.3, 0.4) is 0 Å². The highest BCUT2D eigenvalue weighted by molar-refractivity contribution is 5.96. The highest BCUT2D eigenvalue weighted by Gasteiger charge is 2.48. The molecule has 0 saturated carbocycles. The van der Waals surface area contributed by atoms with Gasteiger partial charge < -0.3 is 55.5 Å². The first-order valence-corrected chi connectivity index (χ1v) is 12.3. The van der Waals surface area contributed by atoms with Crippen molar-refractivity contribution in [2.24, 2.45) is 0 Å². The summed E-state index contributed by atoms with van der Waals surface area (Å²) in [6, 6.07) is 9.52. The summed E-state index contributed by atoms with van der Waals surface area (Å²) in [6.07, 6.45) is -9.67. The molecule has 6 atom stereocenters. The Hall–Kier alpha value is -3.46. The van der Waals surface area contributed by atoms with Gasteiger partial charge in [0.25, 0.3) is 5.91 Å². The lowest BCUT2D eigenvalue weighted by Crippen LogP contribution is -2.61. The summed E-state index contributed by atoms with van der Waals surface area (Å²) in [4.78, 5) is 23.4. The monoisotopic (exact) mass is 548 g/mol. The van der Waals surface area contributed by atoms with Crippen molar-refractivity contribution in [3.8, 4) is 17.2 Å². The fourth-order valence-electron chi connectivity index (χ4n) is 4.47. The van der Waals surface area contributed by atoms with Gasteiger partial charge in [0.1, 0.15) is 35.6 Å². The molecule has 2 aliphatic heterocycles. The van der Waals surface area contributed by atoms with Crippen LogP contribution in [0.5, 0.6) is 17.2 Å². The minimum atomic E-state index is -1.89. The maximum Gasteiger partial charge on any atom is 0.335 e. The van der Waals surface area contributed by atoms with E-state index in [1.165, 1.54) is 12.1 Å². The number of hydrogen-bond acceptors (Lipinski definition) is 11. The van der Waals surface area contributed by atoms with Crippen LogP contribution in [-0.4, -0.2) is 91.9 Å². The summed E-state index contributed by atoms with van der Waals surface area (Å²) in [5.41, 5.74) is 0.902. The van der Waals surface area contributed by atoms with E-state index in [4.69, 9.17) is 14.2 Å². The quantitative estimate of drug-likeness (QED) is 0.202. The average Bonchev–Trinajstić information content (AvgIpc) is 2.88. The van der Waals surface area contributed by atoms with Crippen LogP contribution >= 0.6 is 0 Å². The van der Waals surface area contributed by atoms with Crippen LogP contribution in [0, 0.1) is 0 Å². The number of hydrogen-bond donors (Lipinski definition) is 8. The number of aromatic hydroxyl groups is 1. The molecule has 2 heterocycles. The number of benzene rings is 2. The smallest absolute Gasteiger partial charge is 0.335 e. The van der Waals surface area contributed by atoms with E-state index in [1.54, 1.807) is 24.3 Å². The average molecular weight is 549 g/mol. The minimum Gasteiger partial charge on any atom is -0.508 e. The standard InChI is InChI=1S/C26H32N2O11/c1-26(2,9-12-3-5-13(29)6-4-12)27-10-17(30)15-7-14(8-16-22(15)37-11-18(31)28-16)38-25-21(34)19(32)20(33)23(39-25)24(35)36/h3-8,17,19-21,23,25,27,29-30,32-34H,9-11H2,1-2H3,(H,28,31)(H,35,36)/t17-,19-,20-,21+,23-,25+/m0/s1. The Balaban J connectivity index is 1.54. The lowest BCUT2D eigenvalue weighted by atomic mass is 9.94. The van der Waals surface area contributed by atoms with Crippen molar-refractivity contribution in [2.75, 3.05) is 18.5 Å². The van der Waals surface area contributed by atoms with E-state index >= 15 is 0 Å². The van der Waals surface area contributed by atoms with Crippen molar-refractivity contribution in [1.82, 2.24) is 5.32 Å². The Labute approximate surface area is 223 Å². The number of aliphatic carboxylic acids is 1. The number of phenolic OH excluding ortho intramolecular Hbond substituents is 1. The van der Waals surface area contributed by atoms with Gasteiger partial charge in [-0.3, -0.25) is 4.79 Å². The molecular weight excluding hydrogens is 516 g/mol. The lowest BCUT2D eigenvalue weighted by Gasteiger charge is -2.38. The molecule has 13 heteroatoms. The molecule has 1 saturated heterocycles. The van der Waals surface area contributed by atoms with Crippen molar-refractivity contribution in [2.45, 2.75) is 62.6 Å². The molecule has 2 aromatic rings. The molecule has 4 rings (SSSR count). The molecule has 212 valence electrons. The van der Waals surface area contributed by atoms with E-state index in [1.807, 2.05) is 13.8 Å². The van der Waals surface area contributed by atoms with E-state index in [0.29, 0.717) is 6.42 Å². The molecule has 39 heavy (non-hydrogen) atoms. The molecule has 0 radical (unpaired) electrons. The summed E-state index contributed by atoms with van der Waals surface area (Å²) in [7, 11) is 0. The summed E-state index contributed by atoms with van der Waals surface area (Å²) >= 11 is 0. The van der Waals surface area contributed by atoms with Crippen molar-refractivity contribution < 1.29 is 54.4 Å². The number of phenols is 1. The summed E-state index contributed by atoms with van der Waals surface area (Å²) < 4.78 is 16.4. The predicted octanol–water partition coefficient (Wildman–Crippen LogP) is -0.362. The zero-order valence-corrected chi connectivity index (χ0v) is 21.3. The third kappa shape index (κ3) is 6.58. The number of β-amino-alcohol motifs (C(OH)–C–C–N with tert-alkyl or cyclic N) is 1. The second-order valence-electron chi connectivity index (χ2n) is 10.2. The number of carboxylic acid groups (broad SMARTS) is 1. The first kappa shape index (κ1) is 28.5. The molecule has 0 bridgehead atoms. The van der Waals surface area contributed by atoms with Gasteiger partial charge in [0.2, 0.25) is 6.29 Å². The normalized spacial score (nSPS) is 25.7. The minimum absolute atomic E-state index is 0.0336. The summed E-state index contributed by atoms with van der Waals surface area (Å²) in [6.45, 7) is 3.67. The highest BCUT2D eigenvalue weighted by Crippen LogP contribution is 2.40. The lowest BCUT2D eigenvalue weighted by molar-refractivity contribution is -0.271. The Morgan fingerprint density at radius 3 is 2.51 bits per heavy atom. The number of carbonyl (C=O) groups is 2. The third-order valence-electron chi connectivity index (χ3n) is 6.49. The third-order valence-corrected chi connectivity index (χ3v) is 6.49. The molecule has 2 aromatic carbocycles. The molecular formula is C26H32N2O11. The first-order valence-electron chi connectivity index (χ1n) is 12.3. The van der Waals surface area contributed by atoms with Gasteiger partial charge in [-0.25, -0.2) is 4.79 Å². The number of anilines is 1. The van der Waals surface area contributed by atoms with Crippen molar-refractivity contribution in [1.29, 1.82) is 0 Å². The molecule has 0 aromatic heterocycles. The van der Waals surface area contributed by atoms with Gasteiger partial charge in [-0.1, -0.05) is 12.1 Å². The number of fused-ring (bicyclic) bond motifs is 1. The van der Waals surface area contributed by atoms with E-state index in [2.05, 4.69) is 10.6 Å². The number of ether oxygens (including phenoxy) is 3. The Kier molecular flexibility index (Phi) is 8.30. The van der Waals surface area contributed by atoms with Crippen LogP contribution in [0.15, 0.2) is 36.4 Å². The first-order chi connectivity index (χ1) is 18.3. The van der Waals surface area contributed by atoms with Gasteiger partial charge in [0, 0.05) is 23.7 Å². The second kappa shape index (κ2) is 11.3. The SMILES string of the molecule is CC(C)(Cc1ccc(O)cc1)NC[C@H](O)c1cc(O[C@@H]2O[C@H](C(=O)O)[C@@H](O)[C@H](O)[C@H]2O)cc2c1OCC(=O)N2. The van der Waals surface area contributed by atoms with Crippen LogP contribution in [0.4, 0.5) is 5.69 Å². The molecule has 8 N–H and O–H groups in total. The van der Waals surface area contributed by atoms with E-state index in [-0.39, 0.29) is 41.7 Å². The number of aliphatic hydroxyl groups is 4. The van der Waals surface area contributed by atoms with Crippen LogP contribution in [0.25, 0.3) is 0 Å². The van der Waals surface area contributed by atoms with Crippen LogP contribution in [-0.2, 0) is 20.7 Å². The number of carboxylic acids is 1. The molecule has 0 unspecified atom stereocenters. The molecule has 1 fully saturated rings. The maximum absolute atomic E-state index is 12.0. The summed E-state index contributed by atoms with van der Waals surface area (Å²) in [5.74, 6) is -1.68. The number of carbonyl (C=O) groups excluding carboxylic acids is 1. The fourth-order valence-corrected chi connectivity index (χ4v) is 4.47. The van der Waals surface area contributed by atoms with Crippen molar-refractivity contribution in [3.05, 3.63) is 47.5 Å². The van der Waals surface area contributed by atoms with Gasteiger partial charge in [-0.15, -0.1) is 0 Å². The maximum atomic E-state index is 12.0. The molecule has 0 aliphatic carbocycles. The van der Waals surface area contributed by atoms with E-state index < -0.39 is 54.2 Å².